The van der Waals surface area contributed by atoms with Crippen LogP contribution in [0.25, 0.3) is 0 Å². The summed E-state index contributed by atoms with van der Waals surface area (Å²) in [6.45, 7) is 8.03. The quantitative estimate of drug-likeness (QED) is 0.469. The smallest absolute Gasteiger partial charge is 0.260 e. The summed E-state index contributed by atoms with van der Waals surface area (Å²) in [6.07, 6.45) is 3.50. The van der Waals surface area contributed by atoms with Gasteiger partial charge in [-0.15, -0.1) is 0 Å². The second-order valence-electron chi connectivity index (χ2n) is 7.53. The van der Waals surface area contributed by atoms with Crippen LogP contribution >= 0.6 is 12.2 Å². The van der Waals surface area contributed by atoms with Crippen molar-refractivity contribution >= 4 is 29.1 Å². The van der Waals surface area contributed by atoms with E-state index in [0.29, 0.717) is 28.6 Å². The molecule has 1 aliphatic rings. The van der Waals surface area contributed by atoms with Gasteiger partial charge in [0, 0.05) is 11.6 Å². The highest BCUT2D eigenvalue weighted by molar-refractivity contribution is 7.80. The first-order valence-electron chi connectivity index (χ1n) is 9.51. The number of benzene rings is 1. The molecule has 0 bridgehead atoms. The number of carbonyl (C=O) groups is 2. The number of carbonyl (C=O) groups excluding carboxylic acids is 2. The van der Waals surface area contributed by atoms with Crippen molar-refractivity contribution in [3.8, 4) is 0 Å². The van der Waals surface area contributed by atoms with Crippen LogP contribution in [-0.4, -0.2) is 29.0 Å². The van der Waals surface area contributed by atoms with E-state index in [0.717, 1.165) is 12.0 Å². The Morgan fingerprint density at radius 1 is 1.19 bits per heavy atom. The predicted octanol–water partition coefficient (Wildman–Crippen LogP) is 2.43. The van der Waals surface area contributed by atoms with Gasteiger partial charge in [0.15, 0.2) is 5.11 Å². The monoisotopic (exact) mass is 390 g/mol. The first-order valence-corrected chi connectivity index (χ1v) is 9.92. The fourth-order valence-corrected chi connectivity index (χ4v) is 3.55. The van der Waals surface area contributed by atoms with Crippen LogP contribution in [0.4, 0.5) is 0 Å². The molecule has 0 heterocycles. The Bertz CT molecular complexity index is 694. The van der Waals surface area contributed by atoms with E-state index in [-0.39, 0.29) is 11.8 Å². The van der Waals surface area contributed by atoms with Crippen molar-refractivity contribution in [2.75, 3.05) is 0 Å². The Morgan fingerprint density at radius 2 is 1.93 bits per heavy atom. The second kappa shape index (κ2) is 9.69. The van der Waals surface area contributed by atoms with Gasteiger partial charge >= 0.3 is 0 Å². The third-order valence-corrected chi connectivity index (χ3v) is 5.56. The van der Waals surface area contributed by atoms with Crippen molar-refractivity contribution in [3.05, 3.63) is 35.4 Å². The molecule has 0 aromatic heterocycles. The van der Waals surface area contributed by atoms with Crippen LogP contribution in [0.5, 0.6) is 0 Å². The van der Waals surface area contributed by atoms with Gasteiger partial charge in [-0.1, -0.05) is 44.4 Å². The molecule has 0 spiro atoms. The predicted molar refractivity (Wildman–Crippen MR) is 111 cm³/mol. The molecule has 4 N–H and O–H groups in total. The maximum atomic E-state index is 12.2. The molecule has 1 aromatic carbocycles. The third-order valence-electron chi connectivity index (χ3n) is 5.34. The zero-order valence-corrected chi connectivity index (χ0v) is 17.3. The molecule has 7 heteroatoms. The summed E-state index contributed by atoms with van der Waals surface area (Å²) in [5.41, 5.74) is 6.81. The van der Waals surface area contributed by atoms with E-state index < -0.39 is 6.04 Å². The van der Waals surface area contributed by atoms with E-state index in [1.807, 2.05) is 19.1 Å². The van der Waals surface area contributed by atoms with Crippen molar-refractivity contribution < 1.29 is 9.59 Å². The molecule has 2 amide bonds. The van der Waals surface area contributed by atoms with Crippen LogP contribution in [0.2, 0.25) is 0 Å². The van der Waals surface area contributed by atoms with E-state index >= 15 is 0 Å². The fourth-order valence-electron chi connectivity index (χ4n) is 3.35. The van der Waals surface area contributed by atoms with Crippen LogP contribution in [0.3, 0.4) is 0 Å². The second-order valence-corrected chi connectivity index (χ2v) is 7.93. The lowest BCUT2D eigenvalue weighted by Crippen LogP contribution is -2.55. The van der Waals surface area contributed by atoms with Gasteiger partial charge in [-0.3, -0.25) is 20.4 Å². The Morgan fingerprint density at radius 3 is 2.63 bits per heavy atom. The van der Waals surface area contributed by atoms with Crippen molar-refractivity contribution in [1.82, 2.24) is 21.5 Å². The molecule has 1 aliphatic carbocycles. The van der Waals surface area contributed by atoms with Gasteiger partial charge in [-0.05, 0) is 56.5 Å². The SMILES string of the molecule is Cc1cccc(C(=O)N[C@@H](C)C(=O)NNC(=S)N[C@H]2CCC[C@H](C)[C@@H]2C)c1. The average molecular weight is 391 g/mol. The van der Waals surface area contributed by atoms with Gasteiger partial charge in [-0.25, -0.2) is 0 Å². The first kappa shape index (κ1) is 21.2. The summed E-state index contributed by atoms with van der Waals surface area (Å²) in [4.78, 5) is 24.4. The summed E-state index contributed by atoms with van der Waals surface area (Å²) >= 11 is 5.29. The molecule has 27 heavy (non-hydrogen) atoms. The lowest BCUT2D eigenvalue weighted by atomic mass is 9.78. The van der Waals surface area contributed by atoms with Crippen molar-refractivity contribution in [2.24, 2.45) is 11.8 Å². The average Bonchev–Trinajstić information content (AvgIpc) is 2.63. The minimum atomic E-state index is -0.693. The van der Waals surface area contributed by atoms with E-state index in [1.54, 1.807) is 19.1 Å². The highest BCUT2D eigenvalue weighted by atomic mass is 32.1. The Balaban J connectivity index is 1.77. The molecule has 2 rings (SSSR count). The lowest BCUT2D eigenvalue weighted by molar-refractivity contribution is -0.123. The van der Waals surface area contributed by atoms with Gasteiger partial charge in [0.05, 0.1) is 0 Å². The molecule has 1 fully saturated rings. The van der Waals surface area contributed by atoms with E-state index in [2.05, 4.69) is 35.3 Å². The molecule has 6 nitrogen and oxygen atoms in total. The largest absolute Gasteiger partial charge is 0.358 e. The van der Waals surface area contributed by atoms with Gasteiger partial charge in [-0.2, -0.15) is 0 Å². The maximum absolute atomic E-state index is 12.2. The summed E-state index contributed by atoms with van der Waals surface area (Å²) in [5, 5.41) is 6.37. The molecule has 4 atom stereocenters. The fraction of sp³-hybridized carbons (Fsp3) is 0.550. The normalized spacial score (nSPS) is 23.0. The van der Waals surface area contributed by atoms with E-state index in [4.69, 9.17) is 12.2 Å². The van der Waals surface area contributed by atoms with Crippen LogP contribution in [0, 0.1) is 18.8 Å². The molecule has 0 radical (unpaired) electrons. The minimum Gasteiger partial charge on any atom is -0.358 e. The summed E-state index contributed by atoms with van der Waals surface area (Å²) in [6, 6.07) is 6.85. The van der Waals surface area contributed by atoms with Crippen LogP contribution < -0.4 is 21.5 Å². The number of nitrogens with one attached hydrogen (secondary N) is 4. The van der Waals surface area contributed by atoms with Gasteiger partial charge in [0.1, 0.15) is 6.04 Å². The summed E-state index contributed by atoms with van der Waals surface area (Å²) in [7, 11) is 0. The molecule has 1 saturated carbocycles. The standard InChI is InChI=1S/C20H30N4O2S/c1-12-7-5-9-16(11-12)19(26)21-15(4)18(25)23-24-20(27)22-17-10-6-8-13(2)14(17)3/h5,7,9,11,13-15,17H,6,8,10H2,1-4H3,(H,21,26)(H,23,25)(H2,22,24,27)/t13-,14-,15-,17-/m0/s1. The van der Waals surface area contributed by atoms with Crippen LogP contribution in [0.1, 0.15) is 56.0 Å². The number of aryl methyl sites for hydroxylation is 1. The Hall–Kier alpha value is -2.15. The van der Waals surface area contributed by atoms with Gasteiger partial charge < -0.3 is 10.6 Å². The third kappa shape index (κ3) is 6.20. The minimum absolute atomic E-state index is 0.285. The molecular weight excluding hydrogens is 360 g/mol. The summed E-state index contributed by atoms with van der Waals surface area (Å²) in [5.74, 6) is 0.546. The number of hydrogen-bond acceptors (Lipinski definition) is 3. The van der Waals surface area contributed by atoms with Crippen molar-refractivity contribution in [1.29, 1.82) is 0 Å². The topological polar surface area (TPSA) is 82.3 Å². The number of amides is 2. The molecule has 0 aliphatic heterocycles. The maximum Gasteiger partial charge on any atom is 0.260 e. The molecule has 0 unspecified atom stereocenters. The summed E-state index contributed by atoms with van der Waals surface area (Å²) < 4.78 is 0. The van der Waals surface area contributed by atoms with Gasteiger partial charge in [0.25, 0.3) is 11.8 Å². The number of thiocarbonyl (C=S) groups is 1. The zero-order valence-electron chi connectivity index (χ0n) is 16.5. The number of hydrogen-bond donors (Lipinski definition) is 4. The van der Waals surface area contributed by atoms with Crippen LogP contribution in [-0.2, 0) is 4.79 Å². The Kier molecular flexibility index (Phi) is 7.59. The number of rotatable bonds is 4. The molecular formula is C20H30N4O2S. The molecule has 0 saturated heterocycles. The van der Waals surface area contributed by atoms with Crippen molar-refractivity contribution in [3.63, 3.8) is 0 Å². The zero-order chi connectivity index (χ0) is 20.0. The molecule has 1 aromatic rings. The number of hydrazine groups is 1. The first-order chi connectivity index (χ1) is 12.8. The van der Waals surface area contributed by atoms with Gasteiger partial charge in [0.2, 0.25) is 0 Å². The highest BCUT2D eigenvalue weighted by Crippen LogP contribution is 2.29. The molecule has 148 valence electrons. The van der Waals surface area contributed by atoms with Crippen molar-refractivity contribution in [2.45, 2.75) is 59.0 Å². The van der Waals surface area contributed by atoms with E-state index in [9.17, 15) is 9.59 Å². The van der Waals surface area contributed by atoms with Crippen LogP contribution in [0.15, 0.2) is 24.3 Å². The Labute approximate surface area is 166 Å². The van der Waals surface area contributed by atoms with E-state index in [1.165, 1.54) is 12.8 Å². The lowest BCUT2D eigenvalue weighted by Gasteiger charge is -2.35. The highest BCUT2D eigenvalue weighted by Gasteiger charge is 2.27.